The summed E-state index contributed by atoms with van der Waals surface area (Å²) in [7, 11) is 4.36. The molecule has 1 aromatic heterocycles. The topological polar surface area (TPSA) is 19.0 Å². The highest BCUT2D eigenvalue weighted by Gasteiger charge is 2.18. The van der Waals surface area contributed by atoms with Crippen LogP contribution in [-0.2, 0) is 0 Å². The van der Waals surface area contributed by atoms with Gasteiger partial charge in [-0.15, -0.1) is 0 Å². The van der Waals surface area contributed by atoms with Crippen LogP contribution in [0.3, 0.4) is 0 Å². The van der Waals surface area contributed by atoms with Gasteiger partial charge >= 0.3 is 0 Å². The first kappa shape index (κ1) is 12.5. The molecule has 1 aliphatic rings. The van der Waals surface area contributed by atoms with Gasteiger partial charge in [-0.05, 0) is 58.0 Å². The molecule has 0 aliphatic heterocycles. The summed E-state index contributed by atoms with van der Waals surface area (Å²) in [5.41, 5.74) is 5.48. The van der Waals surface area contributed by atoms with Crippen molar-refractivity contribution < 1.29 is 0 Å². The van der Waals surface area contributed by atoms with E-state index in [4.69, 9.17) is 0 Å². The van der Waals surface area contributed by atoms with E-state index >= 15 is 0 Å². The standard InChI is InChI=1S/C17H22N2/c1-12-4-9-17-15(10-12)16(11-18-17)13-5-7-14(8-6-13)19(2)3/h4-5,9-11,14,18H,6-8H2,1-3H3. The Labute approximate surface area is 115 Å². The molecular weight excluding hydrogens is 232 g/mol. The highest BCUT2D eigenvalue weighted by molar-refractivity contribution is 5.93. The molecule has 0 amide bonds. The number of benzene rings is 1. The Morgan fingerprint density at radius 1 is 1.26 bits per heavy atom. The lowest BCUT2D eigenvalue weighted by atomic mass is 9.90. The SMILES string of the molecule is Cc1ccc2[nH]cc(C3=CCC(N(C)C)CC3)c2c1. The van der Waals surface area contributed by atoms with Crippen molar-refractivity contribution in [1.29, 1.82) is 0 Å². The third-order valence-electron chi connectivity index (χ3n) is 4.30. The van der Waals surface area contributed by atoms with E-state index in [-0.39, 0.29) is 0 Å². The van der Waals surface area contributed by atoms with E-state index in [9.17, 15) is 0 Å². The van der Waals surface area contributed by atoms with Crippen LogP contribution >= 0.6 is 0 Å². The van der Waals surface area contributed by atoms with E-state index < -0.39 is 0 Å². The van der Waals surface area contributed by atoms with Gasteiger partial charge in [0.05, 0.1) is 0 Å². The molecule has 1 heterocycles. The predicted molar refractivity (Wildman–Crippen MR) is 82.3 cm³/mol. The maximum atomic E-state index is 3.40. The number of fused-ring (bicyclic) bond motifs is 1. The molecule has 100 valence electrons. The van der Waals surface area contributed by atoms with Gasteiger partial charge in [0.2, 0.25) is 0 Å². The van der Waals surface area contributed by atoms with E-state index in [1.54, 1.807) is 0 Å². The lowest BCUT2D eigenvalue weighted by molar-refractivity contribution is 0.278. The van der Waals surface area contributed by atoms with E-state index in [1.807, 2.05) is 0 Å². The van der Waals surface area contributed by atoms with Crippen molar-refractivity contribution >= 4 is 16.5 Å². The summed E-state index contributed by atoms with van der Waals surface area (Å²) in [6.45, 7) is 2.16. The van der Waals surface area contributed by atoms with Gasteiger partial charge < -0.3 is 9.88 Å². The zero-order chi connectivity index (χ0) is 13.4. The number of aromatic nitrogens is 1. The van der Waals surface area contributed by atoms with Gasteiger partial charge in [-0.2, -0.15) is 0 Å². The van der Waals surface area contributed by atoms with Gasteiger partial charge in [0.25, 0.3) is 0 Å². The molecule has 0 saturated carbocycles. The van der Waals surface area contributed by atoms with Crippen LogP contribution in [0.2, 0.25) is 0 Å². The van der Waals surface area contributed by atoms with E-state index in [0.29, 0.717) is 6.04 Å². The zero-order valence-electron chi connectivity index (χ0n) is 12.0. The molecule has 0 radical (unpaired) electrons. The van der Waals surface area contributed by atoms with Crippen LogP contribution in [0.15, 0.2) is 30.5 Å². The number of hydrogen-bond acceptors (Lipinski definition) is 1. The van der Waals surface area contributed by atoms with Gasteiger partial charge in [0, 0.05) is 28.7 Å². The number of nitrogens with one attached hydrogen (secondary N) is 1. The minimum absolute atomic E-state index is 0.704. The Balaban J connectivity index is 1.95. The lowest BCUT2D eigenvalue weighted by Crippen LogP contribution is -2.28. The van der Waals surface area contributed by atoms with Gasteiger partial charge in [0.15, 0.2) is 0 Å². The molecule has 0 spiro atoms. The van der Waals surface area contributed by atoms with Gasteiger partial charge in [-0.25, -0.2) is 0 Å². The van der Waals surface area contributed by atoms with E-state index in [0.717, 1.165) is 0 Å². The van der Waals surface area contributed by atoms with Crippen LogP contribution in [0.5, 0.6) is 0 Å². The van der Waals surface area contributed by atoms with E-state index in [2.05, 4.69) is 61.4 Å². The van der Waals surface area contributed by atoms with Crippen molar-refractivity contribution in [3.05, 3.63) is 41.6 Å². The molecule has 0 saturated heterocycles. The Hall–Kier alpha value is -1.54. The summed E-state index contributed by atoms with van der Waals surface area (Å²) in [4.78, 5) is 5.74. The molecule has 1 aromatic carbocycles. The number of aryl methyl sites for hydroxylation is 1. The molecule has 1 unspecified atom stereocenters. The molecule has 3 rings (SSSR count). The fraction of sp³-hybridized carbons (Fsp3) is 0.412. The second kappa shape index (κ2) is 4.86. The normalized spacial score (nSPS) is 20.0. The van der Waals surface area contributed by atoms with E-state index in [1.165, 1.54) is 46.9 Å². The van der Waals surface area contributed by atoms with Gasteiger partial charge in [0.1, 0.15) is 0 Å². The average molecular weight is 254 g/mol. The van der Waals surface area contributed by atoms with Crippen molar-refractivity contribution in [2.75, 3.05) is 14.1 Å². The molecule has 2 heteroatoms. The molecule has 0 fully saturated rings. The third-order valence-corrected chi connectivity index (χ3v) is 4.30. The number of hydrogen-bond donors (Lipinski definition) is 1. The highest BCUT2D eigenvalue weighted by Crippen LogP contribution is 2.33. The summed E-state index contributed by atoms with van der Waals surface area (Å²) in [6, 6.07) is 7.34. The second-order valence-electron chi connectivity index (χ2n) is 5.87. The molecule has 2 nitrogen and oxygen atoms in total. The molecule has 2 aromatic rings. The number of nitrogens with zero attached hydrogens (tertiary/aromatic N) is 1. The Kier molecular flexibility index (Phi) is 3.19. The number of H-pyrrole nitrogens is 1. The second-order valence-corrected chi connectivity index (χ2v) is 5.87. The first-order valence-corrected chi connectivity index (χ1v) is 7.08. The maximum absolute atomic E-state index is 3.40. The summed E-state index contributed by atoms with van der Waals surface area (Å²) in [5.74, 6) is 0. The zero-order valence-corrected chi connectivity index (χ0v) is 12.0. The first-order valence-electron chi connectivity index (χ1n) is 7.08. The fourth-order valence-corrected chi connectivity index (χ4v) is 3.03. The summed E-state index contributed by atoms with van der Waals surface area (Å²) in [6.07, 6.45) is 8.22. The van der Waals surface area contributed by atoms with Crippen LogP contribution < -0.4 is 0 Å². The molecule has 1 N–H and O–H groups in total. The smallest absolute Gasteiger partial charge is 0.0460 e. The third kappa shape index (κ3) is 2.33. The average Bonchev–Trinajstić information content (AvgIpc) is 2.81. The predicted octanol–water partition coefficient (Wildman–Crippen LogP) is 3.97. The molecule has 19 heavy (non-hydrogen) atoms. The molecule has 0 bridgehead atoms. The van der Waals surface area contributed by atoms with Crippen LogP contribution in [0.4, 0.5) is 0 Å². The monoisotopic (exact) mass is 254 g/mol. The minimum Gasteiger partial charge on any atom is -0.361 e. The van der Waals surface area contributed by atoms with Crippen LogP contribution in [0.25, 0.3) is 16.5 Å². The van der Waals surface area contributed by atoms with Crippen molar-refractivity contribution in [2.24, 2.45) is 0 Å². The number of allylic oxidation sites excluding steroid dienone is 1. The van der Waals surface area contributed by atoms with Crippen LogP contribution in [-0.4, -0.2) is 30.0 Å². The molecule has 1 aliphatic carbocycles. The van der Waals surface area contributed by atoms with Crippen molar-refractivity contribution in [3.63, 3.8) is 0 Å². The summed E-state index contributed by atoms with van der Waals surface area (Å²) in [5, 5.41) is 1.37. The molecular formula is C17H22N2. The highest BCUT2D eigenvalue weighted by atomic mass is 15.1. The fourth-order valence-electron chi connectivity index (χ4n) is 3.03. The number of aromatic amines is 1. The van der Waals surface area contributed by atoms with Crippen LogP contribution in [0.1, 0.15) is 30.4 Å². The van der Waals surface area contributed by atoms with Crippen molar-refractivity contribution in [3.8, 4) is 0 Å². The summed E-state index contributed by atoms with van der Waals surface area (Å²) < 4.78 is 0. The largest absolute Gasteiger partial charge is 0.361 e. The molecule has 1 atom stereocenters. The Bertz CT molecular complexity index is 619. The van der Waals surface area contributed by atoms with Crippen molar-refractivity contribution in [2.45, 2.75) is 32.2 Å². The minimum atomic E-state index is 0.704. The van der Waals surface area contributed by atoms with Crippen LogP contribution in [0, 0.1) is 6.92 Å². The maximum Gasteiger partial charge on any atom is 0.0460 e. The van der Waals surface area contributed by atoms with Gasteiger partial charge in [-0.3, -0.25) is 0 Å². The summed E-state index contributed by atoms with van der Waals surface area (Å²) >= 11 is 0. The lowest BCUT2D eigenvalue weighted by Gasteiger charge is -2.27. The van der Waals surface area contributed by atoms with Crippen molar-refractivity contribution in [1.82, 2.24) is 9.88 Å². The Morgan fingerprint density at radius 3 is 2.79 bits per heavy atom. The number of rotatable bonds is 2. The Morgan fingerprint density at radius 2 is 2.11 bits per heavy atom. The van der Waals surface area contributed by atoms with Gasteiger partial charge in [-0.1, -0.05) is 17.7 Å². The first-order chi connectivity index (χ1) is 9.15. The quantitative estimate of drug-likeness (QED) is 0.859.